The number of aryl methyl sites for hydroxylation is 1. The fourth-order valence-corrected chi connectivity index (χ4v) is 2.86. The molecule has 3 aromatic rings. The normalized spacial score (nSPS) is 12.3. The van der Waals surface area contributed by atoms with E-state index in [0.29, 0.717) is 23.7 Å². The van der Waals surface area contributed by atoms with E-state index in [1.807, 2.05) is 37.6 Å². The molecule has 28 heavy (non-hydrogen) atoms. The van der Waals surface area contributed by atoms with Crippen molar-refractivity contribution < 1.29 is 9.13 Å². The molecule has 1 aromatic carbocycles. The lowest BCUT2D eigenvalue weighted by molar-refractivity contribution is 0.321. The molecule has 0 aliphatic carbocycles. The summed E-state index contributed by atoms with van der Waals surface area (Å²) in [5.74, 6) is -0.213. The number of aromatic amines is 1. The number of hydrogen-bond donors (Lipinski definition) is 1. The Balaban J connectivity index is 2.10. The van der Waals surface area contributed by atoms with Crippen molar-refractivity contribution in [1.82, 2.24) is 25.0 Å². The minimum absolute atomic E-state index is 0.195. The summed E-state index contributed by atoms with van der Waals surface area (Å²) in [6.45, 7) is 7.77. The van der Waals surface area contributed by atoms with Crippen LogP contribution in [0.2, 0.25) is 0 Å². The monoisotopic (exact) mass is 380 g/mol. The summed E-state index contributed by atoms with van der Waals surface area (Å²) in [6, 6.07) is 4.73. The Morgan fingerprint density at radius 2 is 2.25 bits per heavy atom. The van der Waals surface area contributed by atoms with Crippen LogP contribution in [0.3, 0.4) is 0 Å². The fourth-order valence-electron chi connectivity index (χ4n) is 2.86. The van der Waals surface area contributed by atoms with Gasteiger partial charge in [0, 0.05) is 18.2 Å². The summed E-state index contributed by atoms with van der Waals surface area (Å²) >= 11 is 0. The third-order valence-electron chi connectivity index (χ3n) is 4.17. The molecule has 0 aliphatic heterocycles. The SMILES string of the molecule is C=N/C(=C\C(=C/C)c1cn[nH]n1)c1ncn(C)c1-c1ccc(F)c(OCC)c1. The molecule has 0 aliphatic rings. The predicted octanol–water partition coefficient (Wildman–Crippen LogP) is 3.89. The number of ether oxygens (including phenoxy) is 1. The van der Waals surface area contributed by atoms with Gasteiger partial charge in [-0.25, -0.2) is 9.37 Å². The maximum absolute atomic E-state index is 14.0. The molecule has 144 valence electrons. The third-order valence-corrected chi connectivity index (χ3v) is 4.17. The molecule has 0 spiro atoms. The molecule has 1 N–H and O–H groups in total. The van der Waals surface area contributed by atoms with Crippen molar-refractivity contribution >= 4 is 18.0 Å². The van der Waals surface area contributed by atoms with Crippen molar-refractivity contribution in [1.29, 1.82) is 0 Å². The molecule has 0 bridgehead atoms. The molecule has 2 heterocycles. The van der Waals surface area contributed by atoms with Gasteiger partial charge in [-0.3, -0.25) is 4.99 Å². The average Bonchev–Trinajstić information content (AvgIpc) is 3.35. The van der Waals surface area contributed by atoms with Gasteiger partial charge in [0.05, 0.1) is 30.5 Å². The van der Waals surface area contributed by atoms with Gasteiger partial charge in [-0.1, -0.05) is 6.08 Å². The molecule has 0 saturated heterocycles. The van der Waals surface area contributed by atoms with Gasteiger partial charge in [0.25, 0.3) is 0 Å². The Labute approximate surface area is 162 Å². The quantitative estimate of drug-likeness (QED) is 0.498. The number of nitrogens with one attached hydrogen (secondary N) is 1. The minimum Gasteiger partial charge on any atom is -0.491 e. The molecule has 0 saturated carbocycles. The fraction of sp³-hybridized carbons (Fsp3) is 0.200. The van der Waals surface area contributed by atoms with Gasteiger partial charge in [-0.05, 0) is 44.8 Å². The van der Waals surface area contributed by atoms with E-state index in [1.54, 1.807) is 24.7 Å². The van der Waals surface area contributed by atoms with E-state index in [4.69, 9.17) is 4.74 Å². The molecule has 3 rings (SSSR count). The Morgan fingerprint density at radius 1 is 1.43 bits per heavy atom. The number of nitrogens with zero attached hydrogens (tertiary/aromatic N) is 5. The van der Waals surface area contributed by atoms with Crippen LogP contribution in [0.1, 0.15) is 25.2 Å². The second-order valence-electron chi connectivity index (χ2n) is 5.92. The van der Waals surface area contributed by atoms with Gasteiger partial charge in [-0.15, -0.1) is 0 Å². The van der Waals surface area contributed by atoms with Crippen LogP contribution < -0.4 is 4.74 Å². The van der Waals surface area contributed by atoms with Crippen LogP contribution in [-0.2, 0) is 7.05 Å². The number of imidazole rings is 1. The Bertz CT molecular complexity index is 1030. The zero-order valence-electron chi connectivity index (χ0n) is 16.0. The highest BCUT2D eigenvalue weighted by Crippen LogP contribution is 2.33. The minimum atomic E-state index is -0.408. The van der Waals surface area contributed by atoms with E-state index < -0.39 is 5.82 Å². The highest BCUT2D eigenvalue weighted by atomic mass is 19.1. The lowest BCUT2D eigenvalue weighted by Crippen LogP contribution is -1.98. The van der Waals surface area contributed by atoms with Gasteiger partial charge in [-0.2, -0.15) is 15.4 Å². The van der Waals surface area contributed by atoms with Gasteiger partial charge in [0.2, 0.25) is 0 Å². The van der Waals surface area contributed by atoms with Gasteiger partial charge >= 0.3 is 0 Å². The summed E-state index contributed by atoms with van der Waals surface area (Å²) in [6.07, 6.45) is 7.04. The van der Waals surface area contributed by atoms with Gasteiger partial charge in [0.1, 0.15) is 11.4 Å². The number of aliphatic imine (C=N–C) groups is 1. The predicted molar refractivity (Wildman–Crippen MR) is 107 cm³/mol. The number of benzene rings is 1. The number of hydrogen-bond acceptors (Lipinski definition) is 5. The highest BCUT2D eigenvalue weighted by molar-refractivity contribution is 5.86. The number of rotatable bonds is 7. The molecule has 0 atom stereocenters. The van der Waals surface area contributed by atoms with Crippen LogP contribution in [0, 0.1) is 5.82 Å². The van der Waals surface area contributed by atoms with Crippen molar-refractivity contribution in [2.45, 2.75) is 13.8 Å². The molecule has 0 fully saturated rings. The van der Waals surface area contributed by atoms with Crippen LogP contribution in [0.25, 0.3) is 22.5 Å². The van der Waals surface area contributed by atoms with Crippen LogP contribution in [0.4, 0.5) is 4.39 Å². The first-order chi connectivity index (χ1) is 13.6. The second-order valence-corrected chi connectivity index (χ2v) is 5.92. The van der Waals surface area contributed by atoms with Crippen LogP contribution in [0.15, 0.2) is 47.9 Å². The van der Waals surface area contributed by atoms with E-state index in [2.05, 4.69) is 32.1 Å². The van der Waals surface area contributed by atoms with E-state index in [9.17, 15) is 4.39 Å². The van der Waals surface area contributed by atoms with E-state index >= 15 is 0 Å². The zero-order valence-corrected chi connectivity index (χ0v) is 16.0. The van der Waals surface area contributed by atoms with Crippen LogP contribution in [0.5, 0.6) is 5.75 Å². The average molecular weight is 380 g/mol. The van der Waals surface area contributed by atoms with Crippen LogP contribution >= 0.6 is 0 Å². The van der Waals surface area contributed by atoms with E-state index in [0.717, 1.165) is 16.8 Å². The molecule has 2 aromatic heterocycles. The summed E-state index contributed by atoms with van der Waals surface area (Å²) in [4.78, 5) is 8.65. The van der Waals surface area contributed by atoms with E-state index in [1.165, 1.54) is 6.07 Å². The topological polar surface area (TPSA) is 81.0 Å². The lowest BCUT2D eigenvalue weighted by Gasteiger charge is -2.10. The maximum atomic E-state index is 14.0. The summed E-state index contributed by atoms with van der Waals surface area (Å²) < 4.78 is 21.2. The molecule has 7 nitrogen and oxygen atoms in total. The molecule has 0 radical (unpaired) electrons. The molecular weight excluding hydrogens is 359 g/mol. The summed E-state index contributed by atoms with van der Waals surface area (Å²) in [5, 5.41) is 10.5. The Hall–Kier alpha value is -3.55. The molecular formula is C20H21FN6O. The summed E-state index contributed by atoms with van der Waals surface area (Å²) in [7, 11) is 1.87. The lowest BCUT2D eigenvalue weighted by atomic mass is 10.1. The first-order valence-electron chi connectivity index (χ1n) is 8.74. The van der Waals surface area contributed by atoms with Crippen molar-refractivity contribution in [3.8, 4) is 17.0 Å². The first kappa shape index (κ1) is 19.2. The largest absolute Gasteiger partial charge is 0.491 e. The molecule has 0 amide bonds. The van der Waals surface area contributed by atoms with Gasteiger partial charge < -0.3 is 9.30 Å². The van der Waals surface area contributed by atoms with Crippen molar-refractivity contribution in [3.63, 3.8) is 0 Å². The number of aromatic nitrogens is 5. The Kier molecular flexibility index (Phi) is 5.78. The zero-order chi connectivity index (χ0) is 20.1. The molecule has 8 heteroatoms. The van der Waals surface area contributed by atoms with Gasteiger partial charge in [0.15, 0.2) is 11.6 Å². The number of H-pyrrole nitrogens is 1. The van der Waals surface area contributed by atoms with Crippen molar-refractivity contribution in [3.05, 3.63) is 60.1 Å². The first-order valence-corrected chi connectivity index (χ1v) is 8.74. The number of allylic oxidation sites excluding steroid dienone is 3. The molecule has 0 unspecified atom stereocenters. The number of halogens is 1. The maximum Gasteiger partial charge on any atom is 0.165 e. The second kappa shape index (κ2) is 8.43. The van der Waals surface area contributed by atoms with Crippen molar-refractivity contribution in [2.24, 2.45) is 12.0 Å². The Morgan fingerprint density at radius 3 is 2.89 bits per heavy atom. The smallest absolute Gasteiger partial charge is 0.165 e. The highest BCUT2D eigenvalue weighted by Gasteiger charge is 2.17. The third kappa shape index (κ3) is 3.75. The van der Waals surface area contributed by atoms with Crippen LogP contribution in [-0.4, -0.2) is 38.3 Å². The standard InChI is InChI=1S/C20H21FN6O/c1-5-13(17-11-24-26-25-17)9-16(22-3)19-20(27(4)12-23-19)14-7-8-15(21)18(10-14)28-6-2/h5,7-12H,3,6H2,1-2,4H3,(H,24,25,26)/b13-5+,16-9-. The van der Waals surface area contributed by atoms with Crippen molar-refractivity contribution in [2.75, 3.05) is 6.61 Å². The summed E-state index contributed by atoms with van der Waals surface area (Å²) in [5.41, 5.74) is 4.22. The van der Waals surface area contributed by atoms with E-state index in [-0.39, 0.29) is 5.75 Å².